The first-order valence-electron chi connectivity index (χ1n) is 8.87. The third-order valence-corrected chi connectivity index (χ3v) is 5.42. The van der Waals surface area contributed by atoms with Gasteiger partial charge in [-0.05, 0) is 29.8 Å². The number of carbonyl (C=O) groups excluding carboxylic acids is 2. The predicted octanol–water partition coefficient (Wildman–Crippen LogP) is 0.418. The molecule has 2 aromatic rings. The highest BCUT2D eigenvalue weighted by Gasteiger charge is 2.35. The summed E-state index contributed by atoms with van der Waals surface area (Å²) in [6.45, 7) is 0. The zero-order valence-corrected chi connectivity index (χ0v) is 16.9. The molecule has 0 bridgehead atoms. The third-order valence-electron chi connectivity index (χ3n) is 4.33. The van der Waals surface area contributed by atoms with Crippen LogP contribution >= 0.6 is 11.8 Å². The summed E-state index contributed by atoms with van der Waals surface area (Å²) in [5.41, 5.74) is 7.09. The fourth-order valence-electron chi connectivity index (χ4n) is 2.80. The zero-order valence-electron chi connectivity index (χ0n) is 16.0. The Labute approximate surface area is 172 Å². The van der Waals surface area contributed by atoms with Crippen molar-refractivity contribution in [3.63, 3.8) is 0 Å². The minimum absolute atomic E-state index is 0.329. The number of aromatic nitrogens is 1. The van der Waals surface area contributed by atoms with E-state index in [1.165, 1.54) is 26.0 Å². The van der Waals surface area contributed by atoms with Crippen molar-refractivity contribution in [3.05, 3.63) is 53.9 Å². The van der Waals surface area contributed by atoms with Crippen LogP contribution in [0, 0.1) is 0 Å². The summed E-state index contributed by atoms with van der Waals surface area (Å²) in [7, 11) is 2.99. The number of benzene rings is 1. The second-order valence-corrected chi connectivity index (χ2v) is 7.37. The van der Waals surface area contributed by atoms with Gasteiger partial charge in [-0.3, -0.25) is 19.9 Å². The maximum atomic E-state index is 12.6. The number of nitrogens with zero attached hydrogens (tertiary/aromatic N) is 1. The van der Waals surface area contributed by atoms with Crippen LogP contribution in [0.25, 0.3) is 0 Å². The van der Waals surface area contributed by atoms with E-state index < -0.39 is 18.1 Å². The molecular formula is C19H23N5O4S. The summed E-state index contributed by atoms with van der Waals surface area (Å²) in [5.74, 6) is 0.786. The van der Waals surface area contributed by atoms with Gasteiger partial charge in [-0.2, -0.15) is 0 Å². The molecule has 0 saturated carbocycles. The van der Waals surface area contributed by atoms with E-state index in [9.17, 15) is 9.59 Å². The van der Waals surface area contributed by atoms with E-state index in [-0.39, 0.29) is 11.4 Å². The van der Waals surface area contributed by atoms with Crippen LogP contribution in [-0.4, -0.2) is 48.7 Å². The fraction of sp³-hybridized carbons (Fsp3) is 0.316. The van der Waals surface area contributed by atoms with E-state index in [2.05, 4.69) is 20.9 Å². The summed E-state index contributed by atoms with van der Waals surface area (Å²) in [6, 6.07) is 7.65. The predicted molar refractivity (Wildman–Crippen MR) is 109 cm³/mol. The number of hydrogen-bond donors (Lipinski definition) is 4. The van der Waals surface area contributed by atoms with Crippen molar-refractivity contribution in [2.45, 2.75) is 23.5 Å². The van der Waals surface area contributed by atoms with Crippen LogP contribution in [0.4, 0.5) is 0 Å². The first-order valence-corrected chi connectivity index (χ1v) is 9.92. The van der Waals surface area contributed by atoms with Gasteiger partial charge in [0.2, 0.25) is 5.91 Å². The molecule has 1 saturated heterocycles. The molecule has 3 unspecified atom stereocenters. The maximum Gasteiger partial charge on any atom is 0.252 e. The molecule has 0 radical (unpaired) electrons. The molecule has 2 heterocycles. The number of thioether (sulfide) groups is 1. The fourth-order valence-corrected chi connectivity index (χ4v) is 3.79. The Balaban J connectivity index is 1.59. The molecule has 10 heteroatoms. The highest BCUT2D eigenvalue weighted by Crippen LogP contribution is 2.27. The minimum atomic E-state index is -0.911. The van der Waals surface area contributed by atoms with Gasteiger partial charge in [0, 0.05) is 23.7 Å². The molecule has 1 fully saturated rings. The summed E-state index contributed by atoms with van der Waals surface area (Å²) < 4.78 is 10.4. The molecule has 0 aliphatic carbocycles. The lowest BCUT2D eigenvalue weighted by Gasteiger charge is -2.35. The third kappa shape index (κ3) is 5.17. The normalized spacial score (nSPS) is 21.2. The molecular weight excluding hydrogens is 394 g/mol. The highest BCUT2D eigenvalue weighted by molar-refractivity contribution is 7.99. The van der Waals surface area contributed by atoms with Gasteiger partial charge in [-0.1, -0.05) is 6.07 Å². The molecule has 2 amide bonds. The Bertz CT molecular complexity index is 867. The lowest BCUT2D eigenvalue weighted by Crippen LogP contribution is -2.70. The van der Waals surface area contributed by atoms with E-state index >= 15 is 0 Å². The summed E-state index contributed by atoms with van der Waals surface area (Å²) in [5, 5.41) is 8.58. The quantitative estimate of drug-likeness (QED) is 0.510. The van der Waals surface area contributed by atoms with Crippen molar-refractivity contribution < 1.29 is 19.1 Å². The van der Waals surface area contributed by atoms with Crippen LogP contribution in [0.5, 0.6) is 11.5 Å². The van der Waals surface area contributed by atoms with E-state index in [1.807, 2.05) is 12.1 Å². The van der Waals surface area contributed by atoms with Gasteiger partial charge in [0.25, 0.3) is 5.91 Å². The van der Waals surface area contributed by atoms with Crippen LogP contribution in [0.3, 0.4) is 0 Å². The van der Waals surface area contributed by atoms with Crippen molar-refractivity contribution in [2.24, 2.45) is 5.73 Å². The van der Waals surface area contributed by atoms with Gasteiger partial charge in [-0.25, -0.2) is 0 Å². The molecule has 1 aliphatic heterocycles. The van der Waals surface area contributed by atoms with Gasteiger partial charge in [0.05, 0.1) is 20.4 Å². The molecule has 1 aliphatic rings. The first-order chi connectivity index (χ1) is 14.0. The molecule has 9 nitrogen and oxygen atoms in total. The molecule has 154 valence electrons. The number of amides is 2. The second-order valence-electron chi connectivity index (χ2n) is 6.27. The Hall–Kier alpha value is -2.82. The van der Waals surface area contributed by atoms with E-state index in [4.69, 9.17) is 15.2 Å². The van der Waals surface area contributed by atoms with Crippen LogP contribution in [0.2, 0.25) is 0 Å². The van der Waals surface area contributed by atoms with Gasteiger partial charge < -0.3 is 25.8 Å². The Morgan fingerprint density at radius 3 is 2.72 bits per heavy atom. The Morgan fingerprint density at radius 2 is 2.07 bits per heavy atom. The maximum absolute atomic E-state index is 12.6. The van der Waals surface area contributed by atoms with Crippen LogP contribution < -0.4 is 31.2 Å². The topological polar surface area (TPSA) is 128 Å². The van der Waals surface area contributed by atoms with Crippen LogP contribution in [0.1, 0.15) is 15.9 Å². The second kappa shape index (κ2) is 9.59. The van der Waals surface area contributed by atoms with E-state index in [1.54, 1.807) is 30.6 Å². The van der Waals surface area contributed by atoms with Crippen LogP contribution in [-0.2, 0) is 10.5 Å². The number of hydrogen-bond acceptors (Lipinski definition) is 8. The van der Waals surface area contributed by atoms with E-state index in [0.717, 1.165) is 5.56 Å². The van der Waals surface area contributed by atoms with Gasteiger partial charge >= 0.3 is 0 Å². The number of methoxy groups -OCH3 is 2. The molecule has 29 heavy (non-hydrogen) atoms. The Kier molecular flexibility index (Phi) is 6.91. The summed E-state index contributed by atoms with van der Waals surface area (Å²) in [4.78, 5) is 29.1. The minimum Gasteiger partial charge on any atom is -0.493 e. The van der Waals surface area contributed by atoms with E-state index in [0.29, 0.717) is 22.8 Å². The molecule has 3 rings (SSSR count). The van der Waals surface area contributed by atoms with Crippen molar-refractivity contribution in [1.29, 1.82) is 0 Å². The van der Waals surface area contributed by atoms with Gasteiger partial charge in [-0.15, -0.1) is 11.8 Å². The van der Waals surface area contributed by atoms with Crippen molar-refractivity contribution >= 4 is 23.6 Å². The average Bonchev–Trinajstić information content (AvgIpc) is 2.74. The molecule has 1 aromatic carbocycles. The van der Waals surface area contributed by atoms with Crippen molar-refractivity contribution in [1.82, 2.24) is 20.9 Å². The number of rotatable bonds is 7. The molecule has 3 atom stereocenters. The largest absolute Gasteiger partial charge is 0.493 e. The molecule has 0 spiro atoms. The Morgan fingerprint density at radius 1 is 1.28 bits per heavy atom. The number of pyridine rings is 1. The van der Waals surface area contributed by atoms with Gasteiger partial charge in [0.15, 0.2) is 11.5 Å². The zero-order chi connectivity index (χ0) is 20.8. The van der Waals surface area contributed by atoms with Gasteiger partial charge in [0.1, 0.15) is 11.5 Å². The molecule has 5 N–H and O–H groups in total. The average molecular weight is 417 g/mol. The standard InChI is InChI=1S/C19H23N5O4S/c1-27-13-6-5-12(8-14(13)28-2)17(25)22-15-16(20)23-19(24-18(15)26)29-10-11-4-3-7-21-9-11/h3-9,15-16,19,23H,10,20H2,1-2H3,(H,22,25)(H,24,26). The van der Waals surface area contributed by atoms with Crippen LogP contribution in [0.15, 0.2) is 42.7 Å². The van der Waals surface area contributed by atoms with Crippen molar-refractivity contribution in [2.75, 3.05) is 14.2 Å². The monoisotopic (exact) mass is 417 g/mol. The summed E-state index contributed by atoms with van der Waals surface area (Å²) >= 11 is 1.48. The number of ether oxygens (including phenoxy) is 2. The number of nitrogens with two attached hydrogens (primary N) is 1. The first kappa shape index (κ1) is 20.9. The smallest absolute Gasteiger partial charge is 0.252 e. The number of nitrogens with one attached hydrogen (secondary N) is 3. The lowest BCUT2D eigenvalue weighted by atomic mass is 10.1. The lowest BCUT2D eigenvalue weighted by molar-refractivity contribution is -0.125. The highest BCUT2D eigenvalue weighted by atomic mass is 32.2. The number of carbonyl (C=O) groups is 2. The summed E-state index contributed by atoms with van der Waals surface area (Å²) in [6.07, 6.45) is 2.74. The SMILES string of the molecule is COc1ccc(C(=O)NC2C(=O)NC(SCc3cccnc3)NC2N)cc1OC. The molecule has 1 aromatic heterocycles. The van der Waals surface area contributed by atoms with Crippen molar-refractivity contribution in [3.8, 4) is 11.5 Å².